The first-order valence-electron chi connectivity index (χ1n) is 7.65. The Balaban J connectivity index is 3.92. The molecule has 2 atom stereocenters. The fourth-order valence-electron chi connectivity index (χ4n) is 1.91. The van der Waals surface area contributed by atoms with E-state index in [9.17, 15) is 9.59 Å². The third-order valence-electron chi connectivity index (χ3n) is 3.66. The lowest BCUT2D eigenvalue weighted by Gasteiger charge is -2.24. The number of nitrogens with zero attached hydrogens (tertiary/aromatic N) is 1. The molecule has 0 rings (SSSR count). The van der Waals surface area contributed by atoms with Gasteiger partial charge in [-0.25, -0.2) is 4.79 Å². The first-order chi connectivity index (χ1) is 9.40. The molecule has 0 aliphatic rings. The molecule has 5 nitrogen and oxygen atoms in total. The second-order valence-electron chi connectivity index (χ2n) is 5.61. The van der Waals surface area contributed by atoms with Gasteiger partial charge in [0.2, 0.25) is 0 Å². The number of carboxylic acid groups (broad SMARTS) is 1. The van der Waals surface area contributed by atoms with Crippen molar-refractivity contribution in [3.8, 4) is 0 Å². The minimum absolute atomic E-state index is 0.0155. The predicted molar refractivity (Wildman–Crippen MR) is 80.8 cm³/mol. The third-order valence-corrected chi connectivity index (χ3v) is 3.66. The van der Waals surface area contributed by atoms with E-state index < -0.39 is 5.97 Å². The van der Waals surface area contributed by atoms with Crippen molar-refractivity contribution in [1.29, 1.82) is 0 Å². The van der Waals surface area contributed by atoms with Crippen molar-refractivity contribution in [2.24, 2.45) is 11.8 Å². The van der Waals surface area contributed by atoms with E-state index in [0.29, 0.717) is 31.3 Å². The summed E-state index contributed by atoms with van der Waals surface area (Å²) in [5, 5.41) is 11.5. The fourth-order valence-corrected chi connectivity index (χ4v) is 1.91. The van der Waals surface area contributed by atoms with Crippen LogP contribution < -0.4 is 5.32 Å². The van der Waals surface area contributed by atoms with Crippen LogP contribution in [0.25, 0.3) is 0 Å². The summed E-state index contributed by atoms with van der Waals surface area (Å²) in [4.78, 5) is 24.3. The molecule has 0 aromatic rings. The number of rotatable bonds is 10. The highest BCUT2D eigenvalue weighted by Gasteiger charge is 2.14. The predicted octanol–water partition coefficient (Wildman–Crippen LogP) is 2.96. The zero-order valence-corrected chi connectivity index (χ0v) is 13.3. The van der Waals surface area contributed by atoms with Crippen LogP contribution in [0.5, 0.6) is 0 Å². The van der Waals surface area contributed by atoms with Crippen LogP contribution >= 0.6 is 0 Å². The Morgan fingerprint density at radius 2 is 1.80 bits per heavy atom. The van der Waals surface area contributed by atoms with Gasteiger partial charge in [-0.3, -0.25) is 4.79 Å². The van der Waals surface area contributed by atoms with Crippen LogP contribution in [0.4, 0.5) is 4.79 Å². The molecule has 2 amide bonds. The maximum absolute atomic E-state index is 12.0. The molecule has 0 saturated heterocycles. The van der Waals surface area contributed by atoms with Crippen LogP contribution in [-0.2, 0) is 4.79 Å². The van der Waals surface area contributed by atoms with Gasteiger partial charge >= 0.3 is 12.0 Å². The summed E-state index contributed by atoms with van der Waals surface area (Å²) >= 11 is 0. The lowest BCUT2D eigenvalue weighted by atomic mass is 10.0. The monoisotopic (exact) mass is 286 g/mol. The number of nitrogens with one attached hydrogen (secondary N) is 1. The van der Waals surface area contributed by atoms with E-state index in [2.05, 4.69) is 19.2 Å². The maximum atomic E-state index is 12.0. The molecule has 0 bridgehead atoms. The Morgan fingerprint density at radius 1 is 1.15 bits per heavy atom. The minimum atomic E-state index is -0.758. The molecule has 2 N–H and O–H groups in total. The van der Waals surface area contributed by atoms with Crippen molar-refractivity contribution in [1.82, 2.24) is 10.2 Å². The summed E-state index contributed by atoms with van der Waals surface area (Å²) in [6.07, 6.45) is 2.75. The summed E-state index contributed by atoms with van der Waals surface area (Å²) in [6.45, 7) is 10.4. The number of urea groups is 1. The molecule has 118 valence electrons. The van der Waals surface area contributed by atoms with Gasteiger partial charge in [-0.1, -0.05) is 27.2 Å². The van der Waals surface area contributed by atoms with Crippen molar-refractivity contribution in [2.45, 2.75) is 53.4 Å². The summed E-state index contributed by atoms with van der Waals surface area (Å²) in [5.74, 6) is 0.0674. The standard InChI is InChI=1S/C15H30N2O3/c1-5-12(3)11-17(6-2)15(20)16-10-9-13(4)7-8-14(18)19/h12-13H,5-11H2,1-4H3,(H,16,20)(H,18,19). The van der Waals surface area contributed by atoms with Crippen LogP contribution in [0, 0.1) is 11.8 Å². The number of carbonyl (C=O) groups excluding carboxylic acids is 1. The number of amides is 2. The van der Waals surface area contributed by atoms with Crippen molar-refractivity contribution in [3.63, 3.8) is 0 Å². The van der Waals surface area contributed by atoms with E-state index in [0.717, 1.165) is 19.4 Å². The van der Waals surface area contributed by atoms with E-state index in [-0.39, 0.29) is 12.5 Å². The molecule has 0 spiro atoms. The number of hydrogen-bond donors (Lipinski definition) is 2. The Hall–Kier alpha value is -1.26. The number of carbonyl (C=O) groups is 2. The van der Waals surface area contributed by atoms with Gasteiger partial charge in [-0.2, -0.15) is 0 Å². The molecule has 0 fully saturated rings. The highest BCUT2D eigenvalue weighted by atomic mass is 16.4. The van der Waals surface area contributed by atoms with Crippen LogP contribution in [0.3, 0.4) is 0 Å². The summed E-state index contributed by atoms with van der Waals surface area (Å²) in [5.41, 5.74) is 0. The average Bonchev–Trinajstić information content (AvgIpc) is 2.41. The molecule has 0 saturated carbocycles. The molecular weight excluding hydrogens is 256 g/mol. The average molecular weight is 286 g/mol. The minimum Gasteiger partial charge on any atom is -0.481 e. The van der Waals surface area contributed by atoms with Crippen molar-refractivity contribution in [2.75, 3.05) is 19.6 Å². The van der Waals surface area contributed by atoms with E-state index in [1.165, 1.54) is 0 Å². The Kier molecular flexibility index (Phi) is 9.86. The largest absolute Gasteiger partial charge is 0.481 e. The second-order valence-corrected chi connectivity index (χ2v) is 5.61. The molecule has 0 aliphatic heterocycles. The first-order valence-corrected chi connectivity index (χ1v) is 7.65. The molecule has 2 unspecified atom stereocenters. The Labute approximate surface area is 122 Å². The van der Waals surface area contributed by atoms with Gasteiger partial charge in [-0.05, 0) is 31.6 Å². The quantitative estimate of drug-likeness (QED) is 0.648. The zero-order valence-electron chi connectivity index (χ0n) is 13.3. The summed E-state index contributed by atoms with van der Waals surface area (Å²) < 4.78 is 0. The summed E-state index contributed by atoms with van der Waals surface area (Å²) in [6, 6.07) is -0.0155. The van der Waals surface area contributed by atoms with Gasteiger partial charge in [0, 0.05) is 26.1 Å². The molecule has 5 heteroatoms. The topological polar surface area (TPSA) is 69.6 Å². The van der Waals surface area contributed by atoms with Gasteiger partial charge in [0.1, 0.15) is 0 Å². The third kappa shape index (κ3) is 8.77. The second kappa shape index (κ2) is 10.5. The number of aliphatic carboxylic acids is 1. The van der Waals surface area contributed by atoms with E-state index in [4.69, 9.17) is 5.11 Å². The van der Waals surface area contributed by atoms with Crippen molar-refractivity contribution < 1.29 is 14.7 Å². The van der Waals surface area contributed by atoms with Crippen molar-refractivity contribution in [3.05, 3.63) is 0 Å². The molecule has 0 aromatic heterocycles. The van der Waals surface area contributed by atoms with Crippen molar-refractivity contribution >= 4 is 12.0 Å². The molecule has 0 aromatic carbocycles. The molecule has 0 aliphatic carbocycles. The fraction of sp³-hybridized carbons (Fsp3) is 0.867. The number of carboxylic acids is 1. The first kappa shape index (κ1) is 18.7. The van der Waals surface area contributed by atoms with Gasteiger partial charge in [0.25, 0.3) is 0 Å². The molecule has 0 radical (unpaired) electrons. The molecular formula is C15H30N2O3. The van der Waals surface area contributed by atoms with Gasteiger partial charge in [0.15, 0.2) is 0 Å². The Bertz CT molecular complexity index is 295. The summed E-state index contributed by atoms with van der Waals surface area (Å²) in [7, 11) is 0. The van der Waals surface area contributed by atoms with E-state index in [1.54, 1.807) is 0 Å². The maximum Gasteiger partial charge on any atom is 0.317 e. The van der Waals surface area contributed by atoms with Crippen LogP contribution in [-0.4, -0.2) is 41.6 Å². The smallest absolute Gasteiger partial charge is 0.317 e. The molecule has 20 heavy (non-hydrogen) atoms. The van der Waals surface area contributed by atoms with Crippen LogP contribution in [0.1, 0.15) is 53.4 Å². The number of hydrogen-bond acceptors (Lipinski definition) is 2. The van der Waals surface area contributed by atoms with E-state index >= 15 is 0 Å². The van der Waals surface area contributed by atoms with Gasteiger partial charge in [-0.15, -0.1) is 0 Å². The van der Waals surface area contributed by atoms with Gasteiger partial charge < -0.3 is 15.3 Å². The molecule has 0 heterocycles. The van der Waals surface area contributed by atoms with Crippen LogP contribution in [0.2, 0.25) is 0 Å². The van der Waals surface area contributed by atoms with E-state index in [1.807, 2.05) is 18.7 Å². The highest BCUT2D eigenvalue weighted by molar-refractivity contribution is 5.74. The SMILES string of the molecule is CCC(C)CN(CC)C(=O)NCCC(C)CCC(=O)O. The van der Waals surface area contributed by atoms with Gasteiger partial charge in [0.05, 0.1) is 0 Å². The zero-order chi connectivity index (χ0) is 15.5. The lowest BCUT2D eigenvalue weighted by molar-refractivity contribution is -0.137. The highest BCUT2D eigenvalue weighted by Crippen LogP contribution is 2.09. The lowest BCUT2D eigenvalue weighted by Crippen LogP contribution is -2.42. The Morgan fingerprint density at radius 3 is 2.30 bits per heavy atom. The van der Waals surface area contributed by atoms with Crippen LogP contribution in [0.15, 0.2) is 0 Å². The normalized spacial score (nSPS) is 13.6.